The second-order valence-corrected chi connectivity index (χ2v) is 6.33. The van der Waals surface area contributed by atoms with Gasteiger partial charge in [0.1, 0.15) is 0 Å². The Bertz CT molecular complexity index is 637. The zero-order valence-corrected chi connectivity index (χ0v) is 13.3. The average molecular weight is 294 g/mol. The van der Waals surface area contributed by atoms with E-state index in [-0.39, 0.29) is 11.3 Å². The van der Waals surface area contributed by atoms with Crippen LogP contribution in [-0.4, -0.2) is 12.1 Å². The Hall–Kier alpha value is -2.42. The molecular weight excluding hydrogens is 272 g/mol. The highest BCUT2D eigenvalue weighted by Gasteiger charge is 2.12. The second kappa shape index (κ2) is 7.03. The number of nitrogens with one attached hydrogen (secondary N) is 1. The molecule has 0 spiro atoms. The molecule has 3 nitrogen and oxygen atoms in total. The predicted octanol–water partition coefficient (Wildman–Crippen LogP) is 3.68. The molecule has 1 N–H and O–H groups in total. The summed E-state index contributed by atoms with van der Waals surface area (Å²) in [5.41, 5.74) is 5.91. The molecule has 1 amide bonds. The number of amides is 1. The van der Waals surface area contributed by atoms with Gasteiger partial charge >= 0.3 is 0 Å². The first-order valence-corrected chi connectivity index (χ1v) is 7.41. The van der Waals surface area contributed by atoms with Gasteiger partial charge in [-0.25, -0.2) is 5.43 Å². The molecule has 114 valence electrons. The van der Waals surface area contributed by atoms with Crippen LogP contribution in [0.15, 0.2) is 59.7 Å². The molecule has 0 aromatic heterocycles. The van der Waals surface area contributed by atoms with Gasteiger partial charge in [0, 0.05) is 0 Å². The number of carbonyl (C=O) groups excluding carboxylic acids is 1. The summed E-state index contributed by atoms with van der Waals surface area (Å²) in [6.45, 7) is 6.54. The standard InChI is InChI=1S/C19H22N2O/c1-19(2,3)17-11-9-16(10-12-17)14-20-21-18(22)13-15-7-5-4-6-8-15/h4-12,14H,13H2,1-3H3,(H,21,22). The molecule has 2 aromatic carbocycles. The normalized spacial score (nSPS) is 11.6. The molecule has 3 heteroatoms. The summed E-state index contributed by atoms with van der Waals surface area (Å²) in [5.74, 6) is -0.117. The van der Waals surface area contributed by atoms with Crippen molar-refractivity contribution in [3.63, 3.8) is 0 Å². The number of hydrogen-bond donors (Lipinski definition) is 1. The van der Waals surface area contributed by atoms with E-state index in [1.54, 1.807) is 6.21 Å². The Balaban J connectivity index is 1.88. The van der Waals surface area contributed by atoms with Gasteiger partial charge in [0.05, 0.1) is 12.6 Å². The summed E-state index contributed by atoms with van der Waals surface area (Å²) in [5, 5.41) is 4.01. The molecule has 0 aliphatic rings. The third-order valence-corrected chi connectivity index (χ3v) is 3.39. The van der Waals surface area contributed by atoms with Crippen LogP contribution in [0.2, 0.25) is 0 Å². The minimum atomic E-state index is -0.117. The second-order valence-electron chi connectivity index (χ2n) is 6.33. The smallest absolute Gasteiger partial charge is 0.244 e. The summed E-state index contributed by atoms with van der Waals surface area (Å²) < 4.78 is 0. The predicted molar refractivity (Wildman–Crippen MR) is 91.0 cm³/mol. The number of hydrazone groups is 1. The van der Waals surface area contributed by atoms with Gasteiger partial charge in [-0.1, -0.05) is 75.4 Å². The van der Waals surface area contributed by atoms with Crippen LogP contribution in [0.1, 0.15) is 37.5 Å². The summed E-state index contributed by atoms with van der Waals surface area (Å²) in [4.78, 5) is 11.8. The maximum absolute atomic E-state index is 11.8. The van der Waals surface area contributed by atoms with Crippen molar-refractivity contribution in [2.45, 2.75) is 32.6 Å². The van der Waals surface area contributed by atoms with Gasteiger partial charge in [-0.2, -0.15) is 5.10 Å². The topological polar surface area (TPSA) is 41.5 Å². The molecule has 2 aromatic rings. The number of carbonyl (C=O) groups is 1. The van der Waals surface area contributed by atoms with Crippen LogP contribution in [0, 0.1) is 0 Å². The molecule has 0 saturated carbocycles. The van der Waals surface area contributed by atoms with Crippen LogP contribution in [0.3, 0.4) is 0 Å². The summed E-state index contributed by atoms with van der Waals surface area (Å²) in [6, 6.07) is 17.8. The Morgan fingerprint density at radius 3 is 2.27 bits per heavy atom. The SMILES string of the molecule is CC(C)(C)c1ccc(C=NNC(=O)Cc2ccccc2)cc1. The minimum Gasteiger partial charge on any atom is -0.273 e. The molecule has 0 saturated heterocycles. The van der Waals surface area contributed by atoms with E-state index in [1.165, 1.54) is 5.56 Å². The lowest BCUT2D eigenvalue weighted by Crippen LogP contribution is -2.19. The van der Waals surface area contributed by atoms with E-state index in [9.17, 15) is 4.79 Å². The number of benzene rings is 2. The fourth-order valence-corrected chi connectivity index (χ4v) is 2.07. The van der Waals surface area contributed by atoms with Gasteiger partial charge in [0.2, 0.25) is 5.91 Å². The van der Waals surface area contributed by atoms with Crippen molar-refractivity contribution in [1.29, 1.82) is 0 Å². The molecule has 2 rings (SSSR count). The molecule has 0 atom stereocenters. The van der Waals surface area contributed by atoms with E-state index in [0.717, 1.165) is 11.1 Å². The minimum absolute atomic E-state index is 0.117. The Morgan fingerprint density at radius 1 is 1.05 bits per heavy atom. The molecule has 0 bridgehead atoms. The molecule has 0 fully saturated rings. The molecule has 0 heterocycles. The number of rotatable bonds is 4. The third-order valence-electron chi connectivity index (χ3n) is 3.39. The van der Waals surface area contributed by atoms with E-state index in [4.69, 9.17) is 0 Å². The maximum atomic E-state index is 11.8. The van der Waals surface area contributed by atoms with Crippen molar-refractivity contribution >= 4 is 12.1 Å². The van der Waals surface area contributed by atoms with Gasteiger partial charge in [-0.3, -0.25) is 4.79 Å². The molecule has 0 aliphatic carbocycles. The molecule has 0 radical (unpaired) electrons. The quantitative estimate of drug-likeness (QED) is 0.678. The van der Waals surface area contributed by atoms with Crippen molar-refractivity contribution < 1.29 is 4.79 Å². The van der Waals surface area contributed by atoms with Crippen LogP contribution < -0.4 is 5.43 Å². The van der Waals surface area contributed by atoms with Crippen molar-refractivity contribution in [2.24, 2.45) is 5.10 Å². The molecule has 0 aliphatic heterocycles. The zero-order chi connectivity index (χ0) is 16.0. The Morgan fingerprint density at radius 2 is 1.68 bits per heavy atom. The lowest BCUT2D eigenvalue weighted by atomic mass is 9.87. The number of hydrogen-bond acceptors (Lipinski definition) is 2. The van der Waals surface area contributed by atoms with Gasteiger partial charge in [0.25, 0.3) is 0 Å². The zero-order valence-electron chi connectivity index (χ0n) is 13.3. The fraction of sp³-hybridized carbons (Fsp3) is 0.263. The molecular formula is C19H22N2O. The molecule has 0 unspecified atom stereocenters. The Kier molecular flexibility index (Phi) is 5.10. The van der Waals surface area contributed by atoms with Crippen molar-refractivity contribution in [1.82, 2.24) is 5.43 Å². The fourth-order valence-electron chi connectivity index (χ4n) is 2.07. The summed E-state index contributed by atoms with van der Waals surface area (Å²) in [7, 11) is 0. The Labute approximate surface area is 132 Å². The third kappa shape index (κ3) is 4.85. The van der Waals surface area contributed by atoms with Gasteiger partial charge in [-0.15, -0.1) is 0 Å². The number of nitrogens with zero attached hydrogens (tertiary/aromatic N) is 1. The highest BCUT2D eigenvalue weighted by atomic mass is 16.2. The van der Waals surface area contributed by atoms with Crippen molar-refractivity contribution in [3.8, 4) is 0 Å². The lowest BCUT2D eigenvalue weighted by molar-refractivity contribution is -0.120. The average Bonchev–Trinajstić information content (AvgIpc) is 2.48. The summed E-state index contributed by atoms with van der Waals surface area (Å²) >= 11 is 0. The first kappa shape index (κ1) is 16.0. The van der Waals surface area contributed by atoms with E-state index < -0.39 is 0 Å². The van der Waals surface area contributed by atoms with E-state index >= 15 is 0 Å². The van der Waals surface area contributed by atoms with Crippen LogP contribution in [0.25, 0.3) is 0 Å². The van der Waals surface area contributed by atoms with Gasteiger partial charge in [0.15, 0.2) is 0 Å². The van der Waals surface area contributed by atoms with Crippen molar-refractivity contribution in [2.75, 3.05) is 0 Å². The van der Waals surface area contributed by atoms with Gasteiger partial charge < -0.3 is 0 Å². The highest BCUT2D eigenvalue weighted by molar-refractivity contribution is 5.83. The largest absolute Gasteiger partial charge is 0.273 e. The monoisotopic (exact) mass is 294 g/mol. The highest BCUT2D eigenvalue weighted by Crippen LogP contribution is 2.21. The van der Waals surface area contributed by atoms with Crippen LogP contribution in [0.4, 0.5) is 0 Å². The van der Waals surface area contributed by atoms with E-state index in [0.29, 0.717) is 6.42 Å². The van der Waals surface area contributed by atoms with E-state index in [2.05, 4.69) is 43.4 Å². The van der Waals surface area contributed by atoms with Crippen LogP contribution in [-0.2, 0) is 16.6 Å². The van der Waals surface area contributed by atoms with E-state index in [1.807, 2.05) is 42.5 Å². The lowest BCUT2D eigenvalue weighted by Gasteiger charge is -2.18. The first-order chi connectivity index (χ1) is 10.4. The molecule has 22 heavy (non-hydrogen) atoms. The maximum Gasteiger partial charge on any atom is 0.244 e. The van der Waals surface area contributed by atoms with Crippen molar-refractivity contribution in [3.05, 3.63) is 71.3 Å². The van der Waals surface area contributed by atoms with Gasteiger partial charge in [-0.05, 0) is 22.1 Å². The van der Waals surface area contributed by atoms with Crippen LogP contribution in [0.5, 0.6) is 0 Å². The summed E-state index contributed by atoms with van der Waals surface area (Å²) in [6.07, 6.45) is 2.00. The van der Waals surface area contributed by atoms with Crippen LogP contribution >= 0.6 is 0 Å². The first-order valence-electron chi connectivity index (χ1n) is 7.41.